The third kappa shape index (κ3) is 4.29. The predicted octanol–water partition coefficient (Wildman–Crippen LogP) is 2.04. The number of ether oxygens (including phenoxy) is 1. The summed E-state index contributed by atoms with van der Waals surface area (Å²) in [6, 6.07) is 4.90. The molecule has 2 fully saturated rings. The van der Waals surface area contributed by atoms with Crippen molar-refractivity contribution < 1.29 is 18.7 Å². The van der Waals surface area contributed by atoms with Crippen LogP contribution in [0.1, 0.15) is 18.4 Å². The molecule has 0 bridgehead atoms. The smallest absolute Gasteiger partial charge is 0.331 e. The number of amidine groups is 1. The van der Waals surface area contributed by atoms with E-state index in [1.54, 1.807) is 12.1 Å². The molecular weight excluding hydrogens is 359 g/mol. The first kappa shape index (κ1) is 18.1. The van der Waals surface area contributed by atoms with Crippen LogP contribution in [0.5, 0.6) is 0 Å². The molecule has 9 heteroatoms. The molecule has 0 aliphatic carbocycles. The second kappa shape index (κ2) is 8.13. The highest BCUT2D eigenvalue weighted by Gasteiger charge is 2.25. The normalized spacial score (nSPS) is 20.4. The minimum atomic E-state index is -0.624. The topological polar surface area (TPSA) is 83.4 Å². The van der Waals surface area contributed by atoms with Gasteiger partial charge < -0.3 is 9.64 Å². The van der Waals surface area contributed by atoms with Gasteiger partial charge in [-0.3, -0.25) is 10.1 Å². The number of hydrogen-bond acceptors (Lipinski definition) is 7. The minimum Gasteiger partial charge on any atom is -0.466 e. The number of nitrogens with zero attached hydrogens (tertiary/aromatic N) is 3. The average molecular weight is 376 g/mol. The van der Waals surface area contributed by atoms with Crippen molar-refractivity contribution in [1.29, 1.82) is 0 Å². The number of carbonyl (C=O) groups is 2. The van der Waals surface area contributed by atoms with Crippen LogP contribution in [0.25, 0.3) is 0 Å². The van der Waals surface area contributed by atoms with E-state index in [9.17, 15) is 14.0 Å². The van der Waals surface area contributed by atoms with E-state index in [4.69, 9.17) is 0 Å². The van der Waals surface area contributed by atoms with Gasteiger partial charge in [0, 0.05) is 19.2 Å². The molecule has 1 aromatic carbocycles. The maximum atomic E-state index is 14.2. The SMILES string of the molecule is COC(=O)/C=C1/S/C(=N\N=Cc2ccc(N3CCCC3)c(F)c2)NC1=O. The Labute approximate surface area is 154 Å². The van der Waals surface area contributed by atoms with Gasteiger partial charge in [-0.05, 0) is 42.3 Å². The van der Waals surface area contributed by atoms with Crippen molar-refractivity contribution in [2.75, 3.05) is 25.1 Å². The second-order valence-electron chi connectivity index (χ2n) is 5.64. The lowest BCUT2D eigenvalue weighted by molar-refractivity contribution is -0.135. The van der Waals surface area contributed by atoms with Crippen LogP contribution in [-0.2, 0) is 14.3 Å². The van der Waals surface area contributed by atoms with Crippen molar-refractivity contribution in [3.8, 4) is 0 Å². The summed E-state index contributed by atoms with van der Waals surface area (Å²) < 4.78 is 18.7. The zero-order chi connectivity index (χ0) is 18.5. The first-order valence-electron chi connectivity index (χ1n) is 8.01. The summed E-state index contributed by atoms with van der Waals surface area (Å²) in [6.45, 7) is 1.74. The highest BCUT2D eigenvalue weighted by Crippen LogP contribution is 2.25. The molecule has 0 saturated carbocycles. The molecule has 0 atom stereocenters. The van der Waals surface area contributed by atoms with E-state index in [1.807, 2.05) is 4.90 Å². The molecule has 0 radical (unpaired) electrons. The molecular formula is C17H17FN4O3S. The highest BCUT2D eigenvalue weighted by atomic mass is 32.2. The Bertz CT molecular complexity index is 816. The van der Waals surface area contributed by atoms with Crippen LogP contribution in [-0.4, -0.2) is 43.5 Å². The number of nitrogens with one attached hydrogen (secondary N) is 1. The van der Waals surface area contributed by atoms with Gasteiger partial charge in [0.1, 0.15) is 5.82 Å². The van der Waals surface area contributed by atoms with Gasteiger partial charge in [-0.25, -0.2) is 9.18 Å². The first-order chi connectivity index (χ1) is 12.6. The molecule has 1 N–H and O–H groups in total. The monoisotopic (exact) mass is 376 g/mol. The van der Waals surface area contributed by atoms with Crippen LogP contribution in [0.2, 0.25) is 0 Å². The van der Waals surface area contributed by atoms with E-state index in [0.717, 1.165) is 43.8 Å². The van der Waals surface area contributed by atoms with Crippen molar-refractivity contribution in [3.63, 3.8) is 0 Å². The zero-order valence-corrected chi connectivity index (χ0v) is 14.9. The second-order valence-corrected chi connectivity index (χ2v) is 6.67. The van der Waals surface area contributed by atoms with Gasteiger partial charge in [0.05, 0.1) is 23.9 Å². The Kier molecular flexibility index (Phi) is 5.67. The third-order valence-corrected chi connectivity index (χ3v) is 4.78. The largest absolute Gasteiger partial charge is 0.466 e. The number of benzene rings is 1. The molecule has 2 aliphatic heterocycles. The Morgan fingerprint density at radius 2 is 2.15 bits per heavy atom. The number of anilines is 1. The van der Waals surface area contributed by atoms with E-state index in [0.29, 0.717) is 11.3 Å². The van der Waals surface area contributed by atoms with Crippen molar-refractivity contribution in [3.05, 3.63) is 40.6 Å². The molecule has 1 aromatic rings. The maximum absolute atomic E-state index is 14.2. The number of thioether (sulfide) groups is 1. The van der Waals surface area contributed by atoms with Gasteiger partial charge in [-0.15, -0.1) is 5.10 Å². The molecule has 0 aromatic heterocycles. The molecule has 7 nitrogen and oxygen atoms in total. The van der Waals surface area contributed by atoms with E-state index in [-0.39, 0.29) is 15.9 Å². The van der Waals surface area contributed by atoms with Crippen molar-refractivity contribution >= 4 is 40.7 Å². The summed E-state index contributed by atoms with van der Waals surface area (Å²) in [7, 11) is 1.23. The van der Waals surface area contributed by atoms with Crippen LogP contribution < -0.4 is 10.2 Å². The summed E-state index contributed by atoms with van der Waals surface area (Å²) in [5, 5.41) is 10.4. The molecule has 3 rings (SSSR count). The van der Waals surface area contributed by atoms with Crippen LogP contribution >= 0.6 is 11.8 Å². The average Bonchev–Trinajstić information content (AvgIpc) is 3.25. The molecule has 2 saturated heterocycles. The predicted molar refractivity (Wildman–Crippen MR) is 98.7 cm³/mol. The summed E-state index contributed by atoms with van der Waals surface area (Å²) >= 11 is 0.975. The Morgan fingerprint density at radius 1 is 1.38 bits per heavy atom. The molecule has 0 unspecified atom stereocenters. The molecule has 0 spiro atoms. The number of carbonyl (C=O) groups excluding carboxylic acids is 2. The van der Waals surface area contributed by atoms with Crippen molar-refractivity contribution in [2.24, 2.45) is 10.2 Å². The molecule has 136 valence electrons. The fourth-order valence-corrected chi connectivity index (χ4v) is 3.35. The van der Waals surface area contributed by atoms with Gasteiger partial charge in [-0.1, -0.05) is 6.07 Å². The first-order valence-corrected chi connectivity index (χ1v) is 8.83. The zero-order valence-electron chi connectivity index (χ0n) is 14.1. The number of rotatable bonds is 4. The number of hydrogen-bond donors (Lipinski definition) is 1. The Hall–Kier alpha value is -2.68. The van der Waals surface area contributed by atoms with E-state index in [2.05, 4.69) is 20.3 Å². The number of amides is 1. The fraction of sp³-hybridized carbons (Fsp3) is 0.294. The molecule has 1 amide bonds. The molecule has 2 aliphatic rings. The maximum Gasteiger partial charge on any atom is 0.331 e. The molecule has 2 heterocycles. The van der Waals surface area contributed by atoms with Crippen LogP contribution in [0, 0.1) is 5.82 Å². The van der Waals surface area contributed by atoms with Crippen molar-refractivity contribution in [1.82, 2.24) is 5.32 Å². The van der Waals surface area contributed by atoms with Gasteiger partial charge in [0.25, 0.3) is 5.91 Å². The number of esters is 1. The van der Waals surface area contributed by atoms with Gasteiger partial charge >= 0.3 is 5.97 Å². The Balaban J connectivity index is 1.66. The highest BCUT2D eigenvalue weighted by molar-refractivity contribution is 8.18. The summed E-state index contributed by atoms with van der Waals surface area (Å²) in [5.41, 5.74) is 1.16. The number of halogens is 1. The van der Waals surface area contributed by atoms with Gasteiger partial charge in [0.15, 0.2) is 5.17 Å². The molecule has 26 heavy (non-hydrogen) atoms. The third-order valence-electron chi connectivity index (χ3n) is 3.87. The van der Waals surface area contributed by atoms with Crippen molar-refractivity contribution in [2.45, 2.75) is 12.8 Å². The minimum absolute atomic E-state index is 0.173. The fourth-order valence-electron chi connectivity index (χ4n) is 2.61. The lowest BCUT2D eigenvalue weighted by Crippen LogP contribution is -2.19. The quantitative estimate of drug-likeness (QED) is 0.376. The lowest BCUT2D eigenvalue weighted by Gasteiger charge is -2.18. The lowest BCUT2D eigenvalue weighted by atomic mass is 10.2. The Morgan fingerprint density at radius 3 is 2.85 bits per heavy atom. The van der Waals surface area contributed by atoms with E-state index >= 15 is 0 Å². The van der Waals surface area contributed by atoms with Crippen LogP contribution in [0.3, 0.4) is 0 Å². The standard InChI is InChI=1S/C17H17FN4O3S/c1-25-15(23)9-14-16(24)20-17(26-14)21-19-10-11-4-5-13(12(18)8-11)22-6-2-3-7-22/h4-5,8-10H,2-3,6-7H2,1H3,(H,20,21,24)/b14-9+,19-10?. The van der Waals surface area contributed by atoms with E-state index < -0.39 is 11.9 Å². The summed E-state index contributed by atoms with van der Waals surface area (Å²) in [4.78, 5) is 25.1. The number of methoxy groups -OCH3 is 1. The van der Waals surface area contributed by atoms with Crippen LogP contribution in [0.15, 0.2) is 39.4 Å². The van der Waals surface area contributed by atoms with E-state index in [1.165, 1.54) is 19.4 Å². The summed E-state index contributed by atoms with van der Waals surface area (Å²) in [5.74, 6) is -1.37. The summed E-state index contributed by atoms with van der Waals surface area (Å²) in [6.07, 6.45) is 4.64. The van der Waals surface area contributed by atoms with Crippen LogP contribution in [0.4, 0.5) is 10.1 Å². The van der Waals surface area contributed by atoms with Gasteiger partial charge in [-0.2, -0.15) is 5.10 Å². The van der Waals surface area contributed by atoms with Gasteiger partial charge in [0.2, 0.25) is 0 Å².